The Labute approximate surface area is 150 Å². The highest BCUT2D eigenvalue weighted by Gasteiger charge is 2.19. The van der Waals surface area contributed by atoms with Crippen LogP contribution in [0, 0.1) is 0 Å². The molecule has 0 saturated heterocycles. The second-order valence-corrected chi connectivity index (χ2v) is 6.36. The van der Waals surface area contributed by atoms with Crippen LogP contribution in [0.5, 0.6) is 5.75 Å². The predicted molar refractivity (Wildman–Crippen MR) is 101 cm³/mol. The summed E-state index contributed by atoms with van der Waals surface area (Å²) in [6.45, 7) is 0. The molecule has 3 aromatic rings. The van der Waals surface area contributed by atoms with Crippen LogP contribution in [0.3, 0.4) is 0 Å². The number of fused-ring (bicyclic) bond motifs is 3. The number of amides is 1. The summed E-state index contributed by atoms with van der Waals surface area (Å²) in [6.07, 6.45) is 2.35. The number of anilines is 1. The van der Waals surface area contributed by atoms with Crippen LogP contribution >= 0.6 is 0 Å². The van der Waals surface area contributed by atoms with Crippen LogP contribution in [0.1, 0.15) is 21.5 Å². The van der Waals surface area contributed by atoms with Crippen molar-refractivity contribution in [1.29, 1.82) is 0 Å². The first kappa shape index (κ1) is 16.1. The second-order valence-electron chi connectivity index (χ2n) is 6.36. The number of aryl methyl sites for hydroxylation is 1. The van der Waals surface area contributed by atoms with Gasteiger partial charge in [0.1, 0.15) is 5.75 Å². The van der Waals surface area contributed by atoms with E-state index in [1.54, 1.807) is 7.05 Å². The van der Waals surface area contributed by atoms with Crippen LogP contribution in [0.2, 0.25) is 0 Å². The molecule has 1 aromatic heterocycles. The number of hydrogen-bond donors (Lipinski definition) is 1. The molecular formula is C21H18N2O3. The standard InChI is InChI=1S/C21H18N2O3/c1-23-12-18(19(26-2)11-20(23)24)21(25)22-15-7-8-17-14(10-15)9-13-5-3-4-6-16(13)17/h3-8,10-12H,9H2,1-2H3,(H,22,25). The number of pyridine rings is 1. The lowest BCUT2D eigenvalue weighted by Gasteiger charge is -2.11. The number of ether oxygens (including phenoxy) is 1. The SMILES string of the molecule is COc1cc(=O)n(C)cc1C(=O)Nc1ccc2c(c1)Cc1ccccc1-2. The molecule has 0 radical (unpaired) electrons. The van der Waals surface area contributed by atoms with Crippen LogP contribution < -0.4 is 15.6 Å². The van der Waals surface area contributed by atoms with Crippen LogP contribution in [-0.4, -0.2) is 17.6 Å². The Balaban J connectivity index is 1.63. The summed E-state index contributed by atoms with van der Waals surface area (Å²) in [4.78, 5) is 24.4. The number of rotatable bonds is 3. The van der Waals surface area contributed by atoms with E-state index in [2.05, 4.69) is 17.4 Å². The number of aromatic nitrogens is 1. The second kappa shape index (κ2) is 6.19. The number of nitrogens with one attached hydrogen (secondary N) is 1. The molecule has 0 spiro atoms. The highest BCUT2D eigenvalue weighted by atomic mass is 16.5. The summed E-state index contributed by atoms with van der Waals surface area (Å²) >= 11 is 0. The Hall–Kier alpha value is -3.34. The zero-order valence-electron chi connectivity index (χ0n) is 14.6. The molecule has 0 aliphatic heterocycles. The van der Waals surface area contributed by atoms with Gasteiger partial charge in [0, 0.05) is 25.0 Å². The van der Waals surface area contributed by atoms with Gasteiger partial charge < -0.3 is 14.6 Å². The van der Waals surface area contributed by atoms with Crippen molar-refractivity contribution in [2.45, 2.75) is 6.42 Å². The summed E-state index contributed by atoms with van der Waals surface area (Å²) < 4.78 is 6.54. The molecule has 1 amide bonds. The average Bonchev–Trinajstić information content (AvgIpc) is 3.01. The molecule has 4 rings (SSSR count). The van der Waals surface area contributed by atoms with Gasteiger partial charge in [-0.3, -0.25) is 9.59 Å². The van der Waals surface area contributed by atoms with Gasteiger partial charge in [-0.15, -0.1) is 0 Å². The number of nitrogens with zero attached hydrogens (tertiary/aromatic N) is 1. The van der Waals surface area contributed by atoms with E-state index >= 15 is 0 Å². The van der Waals surface area contributed by atoms with E-state index in [0.29, 0.717) is 5.56 Å². The first-order valence-corrected chi connectivity index (χ1v) is 8.34. The molecular weight excluding hydrogens is 328 g/mol. The Kier molecular flexibility index (Phi) is 3.84. The molecule has 0 bridgehead atoms. The third kappa shape index (κ3) is 2.67. The minimum Gasteiger partial charge on any atom is -0.496 e. The number of benzene rings is 2. The number of methoxy groups -OCH3 is 1. The van der Waals surface area contributed by atoms with Crippen molar-refractivity contribution in [2.75, 3.05) is 12.4 Å². The lowest BCUT2D eigenvalue weighted by atomic mass is 10.1. The molecule has 0 saturated carbocycles. The van der Waals surface area contributed by atoms with Gasteiger partial charge in [-0.05, 0) is 40.8 Å². The van der Waals surface area contributed by atoms with Crippen molar-refractivity contribution in [2.24, 2.45) is 7.05 Å². The molecule has 5 nitrogen and oxygen atoms in total. The van der Waals surface area contributed by atoms with Crippen molar-refractivity contribution < 1.29 is 9.53 Å². The molecule has 0 unspecified atom stereocenters. The Morgan fingerprint density at radius 3 is 2.65 bits per heavy atom. The van der Waals surface area contributed by atoms with Gasteiger partial charge in [0.2, 0.25) is 0 Å². The van der Waals surface area contributed by atoms with E-state index in [4.69, 9.17) is 4.74 Å². The maximum atomic E-state index is 12.7. The lowest BCUT2D eigenvalue weighted by molar-refractivity contribution is 0.102. The van der Waals surface area contributed by atoms with Crippen LogP contribution in [0.25, 0.3) is 11.1 Å². The molecule has 1 aliphatic rings. The predicted octanol–water partition coefficient (Wildman–Crippen LogP) is 3.22. The Morgan fingerprint density at radius 2 is 1.85 bits per heavy atom. The van der Waals surface area contributed by atoms with Gasteiger partial charge in [0.05, 0.1) is 12.7 Å². The minimum absolute atomic E-state index is 0.228. The highest BCUT2D eigenvalue weighted by molar-refractivity contribution is 6.06. The summed E-state index contributed by atoms with van der Waals surface area (Å²) in [5.74, 6) is -0.0490. The summed E-state index contributed by atoms with van der Waals surface area (Å²) in [5, 5.41) is 2.90. The average molecular weight is 346 g/mol. The van der Waals surface area contributed by atoms with Gasteiger partial charge in [-0.1, -0.05) is 30.3 Å². The molecule has 0 atom stereocenters. The van der Waals surface area contributed by atoms with Crippen LogP contribution in [0.15, 0.2) is 59.5 Å². The molecule has 5 heteroatoms. The number of carbonyl (C=O) groups is 1. The number of carbonyl (C=O) groups excluding carboxylic acids is 1. The van der Waals surface area contributed by atoms with E-state index < -0.39 is 0 Å². The zero-order chi connectivity index (χ0) is 18.3. The molecule has 2 aromatic carbocycles. The fourth-order valence-corrected chi connectivity index (χ4v) is 3.37. The smallest absolute Gasteiger partial charge is 0.260 e. The zero-order valence-corrected chi connectivity index (χ0v) is 14.6. The van der Waals surface area contributed by atoms with E-state index in [0.717, 1.165) is 12.1 Å². The minimum atomic E-state index is -0.312. The first-order chi connectivity index (χ1) is 12.6. The fourth-order valence-electron chi connectivity index (χ4n) is 3.37. The molecule has 26 heavy (non-hydrogen) atoms. The fraction of sp³-hybridized carbons (Fsp3) is 0.143. The van der Waals surface area contributed by atoms with E-state index in [1.165, 1.54) is 46.2 Å². The molecule has 1 heterocycles. The van der Waals surface area contributed by atoms with Crippen molar-refractivity contribution in [1.82, 2.24) is 4.57 Å². The maximum absolute atomic E-state index is 12.7. The van der Waals surface area contributed by atoms with E-state index in [-0.39, 0.29) is 17.2 Å². The summed E-state index contributed by atoms with van der Waals surface area (Å²) in [7, 11) is 3.04. The van der Waals surface area contributed by atoms with Crippen molar-refractivity contribution >= 4 is 11.6 Å². The van der Waals surface area contributed by atoms with Crippen LogP contribution in [0.4, 0.5) is 5.69 Å². The first-order valence-electron chi connectivity index (χ1n) is 8.34. The highest BCUT2D eigenvalue weighted by Crippen LogP contribution is 2.37. The normalized spacial score (nSPS) is 11.6. The van der Waals surface area contributed by atoms with Crippen molar-refractivity contribution in [3.8, 4) is 16.9 Å². The topological polar surface area (TPSA) is 60.3 Å². The maximum Gasteiger partial charge on any atom is 0.260 e. The molecule has 0 fully saturated rings. The van der Waals surface area contributed by atoms with Gasteiger partial charge in [-0.25, -0.2) is 0 Å². The van der Waals surface area contributed by atoms with Gasteiger partial charge in [0.15, 0.2) is 0 Å². The van der Waals surface area contributed by atoms with Gasteiger partial charge in [0.25, 0.3) is 11.5 Å². The Bertz CT molecular complexity index is 1080. The largest absolute Gasteiger partial charge is 0.496 e. The van der Waals surface area contributed by atoms with E-state index in [1.807, 2.05) is 30.3 Å². The van der Waals surface area contributed by atoms with Gasteiger partial charge >= 0.3 is 0 Å². The van der Waals surface area contributed by atoms with Gasteiger partial charge in [-0.2, -0.15) is 0 Å². The monoisotopic (exact) mass is 346 g/mol. The van der Waals surface area contributed by atoms with Crippen molar-refractivity contribution in [3.63, 3.8) is 0 Å². The van der Waals surface area contributed by atoms with Crippen LogP contribution in [-0.2, 0) is 13.5 Å². The molecule has 130 valence electrons. The van der Waals surface area contributed by atoms with Crippen molar-refractivity contribution in [3.05, 3.63) is 81.8 Å². The molecule has 1 aliphatic carbocycles. The van der Waals surface area contributed by atoms with E-state index in [9.17, 15) is 9.59 Å². The number of hydrogen-bond acceptors (Lipinski definition) is 3. The quantitative estimate of drug-likeness (QED) is 0.620. The lowest BCUT2D eigenvalue weighted by Crippen LogP contribution is -2.21. The molecule has 1 N–H and O–H groups in total. The summed E-state index contributed by atoms with van der Waals surface area (Å²) in [5.41, 5.74) is 5.75. The summed E-state index contributed by atoms with van der Waals surface area (Å²) in [6, 6.07) is 15.6. The Morgan fingerprint density at radius 1 is 1.08 bits per heavy atom. The third-order valence-electron chi connectivity index (χ3n) is 4.71. The third-order valence-corrected chi connectivity index (χ3v) is 4.71.